The number of nitrogens with one attached hydrogen (secondary N) is 2. The lowest BCUT2D eigenvalue weighted by atomic mass is 9.89. The highest BCUT2D eigenvalue weighted by Crippen LogP contribution is 2.39. The molecule has 4 rings (SSSR count). The summed E-state index contributed by atoms with van der Waals surface area (Å²) >= 11 is 2.95. The number of fused-ring (bicyclic) bond motifs is 1. The van der Waals surface area contributed by atoms with E-state index in [1.54, 1.807) is 11.3 Å². The molecule has 1 unspecified atom stereocenters. The SMILES string of the molecule is Cc1[nH]c(SCC(=O)Nc2sc3c(c2C#N)CCC(C)C3)nc1Cc1ccccc1. The normalized spacial score (nSPS) is 15.4. The van der Waals surface area contributed by atoms with Crippen molar-refractivity contribution in [2.45, 2.75) is 44.7 Å². The molecule has 0 fully saturated rings. The lowest BCUT2D eigenvalue weighted by molar-refractivity contribution is -0.113. The number of aromatic amines is 1. The third-order valence-electron chi connectivity index (χ3n) is 5.39. The Morgan fingerprint density at radius 2 is 2.20 bits per heavy atom. The number of amides is 1. The van der Waals surface area contributed by atoms with Crippen molar-refractivity contribution in [3.8, 4) is 6.07 Å². The summed E-state index contributed by atoms with van der Waals surface area (Å²) in [6.07, 6.45) is 3.79. The van der Waals surface area contributed by atoms with Gasteiger partial charge in [-0.3, -0.25) is 4.79 Å². The molecule has 0 saturated carbocycles. The average Bonchev–Trinajstić information content (AvgIpc) is 3.25. The smallest absolute Gasteiger partial charge is 0.235 e. The van der Waals surface area contributed by atoms with Gasteiger partial charge in [0.15, 0.2) is 5.16 Å². The van der Waals surface area contributed by atoms with Gasteiger partial charge in [-0.2, -0.15) is 5.26 Å². The fraction of sp³-hybridized carbons (Fsp3) is 0.348. The Labute approximate surface area is 184 Å². The standard InChI is InChI=1S/C23H24N4OS2/c1-14-8-9-17-18(12-24)22(30-20(17)10-14)27-21(28)13-29-23-25-15(2)19(26-23)11-16-6-4-3-5-7-16/h3-7,14H,8-11,13H2,1-2H3,(H,25,26)(H,27,28). The summed E-state index contributed by atoms with van der Waals surface area (Å²) in [5.74, 6) is 0.776. The topological polar surface area (TPSA) is 81.6 Å². The molecule has 0 radical (unpaired) electrons. The van der Waals surface area contributed by atoms with Gasteiger partial charge in [0.1, 0.15) is 11.1 Å². The Morgan fingerprint density at radius 3 is 2.97 bits per heavy atom. The first-order chi connectivity index (χ1) is 14.5. The monoisotopic (exact) mass is 436 g/mol. The molecule has 0 spiro atoms. The van der Waals surface area contributed by atoms with E-state index in [-0.39, 0.29) is 11.7 Å². The van der Waals surface area contributed by atoms with E-state index in [1.165, 1.54) is 22.2 Å². The van der Waals surface area contributed by atoms with Crippen molar-refractivity contribution in [3.63, 3.8) is 0 Å². The molecule has 1 aromatic carbocycles. The Bertz CT molecular complexity index is 1090. The molecule has 0 aliphatic heterocycles. The fourth-order valence-electron chi connectivity index (χ4n) is 3.75. The maximum atomic E-state index is 12.5. The van der Waals surface area contributed by atoms with E-state index in [1.807, 2.05) is 25.1 Å². The second-order valence-electron chi connectivity index (χ2n) is 7.78. The minimum absolute atomic E-state index is 0.109. The maximum absolute atomic E-state index is 12.5. The number of rotatable bonds is 6. The minimum atomic E-state index is -0.109. The summed E-state index contributed by atoms with van der Waals surface area (Å²) in [6.45, 7) is 4.24. The number of aryl methyl sites for hydroxylation is 1. The number of anilines is 1. The number of carbonyl (C=O) groups excluding carboxylic acids is 1. The van der Waals surface area contributed by atoms with E-state index in [0.717, 1.165) is 47.8 Å². The molecule has 5 nitrogen and oxygen atoms in total. The molecule has 1 atom stereocenters. The zero-order valence-electron chi connectivity index (χ0n) is 17.1. The van der Waals surface area contributed by atoms with Crippen LogP contribution in [-0.4, -0.2) is 21.6 Å². The Hall–Kier alpha value is -2.56. The van der Waals surface area contributed by atoms with Crippen LogP contribution in [0.3, 0.4) is 0 Å². The molecule has 1 amide bonds. The molecule has 2 N–H and O–H groups in total. The lowest BCUT2D eigenvalue weighted by Crippen LogP contribution is -2.14. The lowest BCUT2D eigenvalue weighted by Gasteiger charge is -2.17. The summed E-state index contributed by atoms with van der Waals surface area (Å²) in [5.41, 5.74) is 5.01. The van der Waals surface area contributed by atoms with Gasteiger partial charge in [0.25, 0.3) is 0 Å². The first-order valence-electron chi connectivity index (χ1n) is 10.1. The number of H-pyrrole nitrogens is 1. The molecule has 1 aliphatic rings. The number of benzene rings is 1. The van der Waals surface area contributed by atoms with Crippen LogP contribution >= 0.6 is 23.1 Å². The van der Waals surface area contributed by atoms with E-state index < -0.39 is 0 Å². The number of nitriles is 1. The summed E-state index contributed by atoms with van der Waals surface area (Å²) < 4.78 is 0. The molecule has 2 heterocycles. The molecular weight excluding hydrogens is 412 g/mol. The fourth-order valence-corrected chi connectivity index (χ4v) is 5.87. The summed E-state index contributed by atoms with van der Waals surface area (Å²) in [6, 6.07) is 12.5. The number of hydrogen-bond donors (Lipinski definition) is 2. The third-order valence-corrected chi connectivity index (χ3v) is 7.44. The number of carbonyl (C=O) groups is 1. The number of nitrogens with zero attached hydrogens (tertiary/aromatic N) is 2. The number of imidazole rings is 1. The maximum Gasteiger partial charge on any atom is 0.235 e. The van der Waals surface area contributed by atoms with Gasteiger partial charge in [-0.05, 0) is 43.2 Å². The van der Waals surface area contributed by atoms with Crippen LogP contribution < -0.4 is 5.32 Å². The van der Waals surface area contributed by atoms with Crippen LogP contribution in [-0.2, 0) is 24.1 Å². The van der Waals surface area contributed by atoms with E-state index in [4.69, 9.17) is 0 Å². The van der Waals surface area contributed by atoms with Crippen LogP contribution in [0.25, 0.3) is 0 Å². The molecule has 0 bridgehead atoms. The van der Waals surface area contributed by atoms with Crippen molar-refractivity contribution in [1.29, 1.82) is 5.26 Å². The zero-order chi connectivity index (χ0) is 21.1. The van der Waals surface area contributed by atoms with E-state index in [9.17, 15) is 10.1 Å². The quantitative estimate of drug-likeness (QED) is 0.527. The Morgan fingerprint density at radius 1 is 1.40 bits per heavy atom. The van der Waals surface area contributed by atoms with Crippen molar-refractivity contribution in [2.24, 2.45) is 5.92 Å². The van der Waals surface area contributed by atoms with E-state index in [0.29, 0.717) is 16.5 Å². The van der Waals surface area contributed by atoms with Crippen molar-refractivity contribution in [3.05, 3.63) is 63.3 Å². The minimum Gasteiger partial charge on any atom is -0.337 e. The molecule has 0 saturated heterocycles. The van der Waals surface area contributed by atoms with Crippen LogP contribution in [0.5, 0.6) is 0 Å². The van der Waals surface area contributed by atoms with E-state index in [2.05, 4.69) is 40.4 Å². The number of hydrogen-bond acceptors (Lipinski definition) is 5. The van der Waals surface area contributed by atoms with Crippen molar-refractivity contribution in [1.82, 2.24) is 9.97 Å². The first kappa shape index (κ1) is 20.7. The Kier molecular flexibility index (Phi) is 6.26. The third kappa shape index (κ3) is 4.61. The van der Waals surface area contributed by atoms with Crippen LogP contribution in [0.2, 0.25) is 0 Å². The van der Waals surface area contributed by atoms with Gasteiger partial charge in [0.2, 0.25) is 5.91 Å². The van der Waals surface area contributed by atoms with Gasteiger partial charge >= 0.3 is 0 Å². The van der Waals surface area contributed by atoms with Gasteiger partial charge in [0, 0.05) is 17.0 Å². The van der Waals surface area contributed by atoms with Gasteiger partial charge in [-0.1, -0.05) is 49.0 Å². The van der Waals surface area contributed by atoms with Crippen molar-refractivity contribution in [2.75, 3.05) is 11.1 Å². The van der Waals surface area contributed by atoms with Crippen LogP contribution in [0.15, 0.2) is 35.5 Å². The molecule has 154 valence electrons. The van der Waals surface area contributed by atoms with E-state index >= 15 is 0 Å². The number of aromatic nitrogens is 2. The average molecular weight is 437 g/mol. The number of thiophene rings is 1. The molecule has 7 heteroatoms. The molecule has 1 aliphatic carbocycles. The highest BCUT2D eigenvalue weighted by molar-refractivity contribution is 7.99. The Balaban J connectivity index is 1.38. The number of thioether (sulfide) groups is 1. The highest BCUT2D eigenvalue weighted by Gasteiger charge is 2.24. The van der Waals surface area contributed by atoms with Gasteiger partial charge in [0.05, 0.1) is 17.0 Å². The van der Waals surface area contributed by atoms with Gasteiger partial charge < -0.3 is 10.3 Å². The summed E-state index contributed by atoms with van der Waals surface area (Å²) in [4.78, 5) is 21.7. The van der Waals surface area contributed by atoms with Crippen LogP contribution in [0, 0.1) is 24.2 Å². The van der Waals surface area contributed by atoms with Crippen molar-refractivity contribution >= 4 is 34.0 Å². The highest BCUT2D eigenvalue weighted by atomic mass is 32.2. The van der Waals surface area contributed by atoms with Gasteiger partial charge in [-0.25, -0.2) is 4.98 Å². The second-order valence-corrected chi connectivity index (χ2v) is 9.85. The van der Waals surface area contributed by atoms with Crippen molar-refractivity contribution < 1.29 is 4.79 Å². The first-order valence-corrected chi connectivity index (χ1v) is 11.9. The molecule has 2 aromatic heterocycles. The molecular formula is C23H24N4OS2. The van der Waals surface area contributed by atoms with Crippen LogP contribution in [0.4, 0.5) is 5.00 Å². The molecule has 3 aromatic rings. The predicted octanol–water partition coefficient (Wildman–Crippen LogP) is 5.10. The van der Waals surface area contributed by atoms with Crippen LogP contribution in [0.1, 0.15) is 46.3 Å². The summed E-state index contributed by atoms with van der Waals surface area (Å²) in [5, 5.41) is 14.0. The zero-order valence-corrected chi connectivity index (χ0v) is 18.8. The van der Waals surface area contributed by atoms with Gasteiger partial charge in [-0.15, -0.1) is 11.3 Å². The predicted molar refractivity (Wildman–Crippen MR) is 122 cm³/mol. The largest absolute Gasteiger partial charge is 0.337 e. The second kappa shape index (κ2) is 9.07. The summed E-state index contributed by atoms with van der Waals surface area (Å²) in [7, 11) is 0. The molecule has 30 heavy (non-hydrogen) atoms.